The number of thiazole rings is 1. The van der Waals surface area contributed by atoms with Crippen LogP contribution in [0, 0.1) is 34.5 Å². The molecule has 0 radical (unpaired) electrons. The summed E-state index contributed by atoms with van der Waals surface area (Å²) < 4.78 is 3.01. The largest absolute Gasteiger partial charge is 0.393 e. The number of allylic oxidation sites excluding steroid dienone is 1. The highest BCUT2D eigenvalue weighted by Crippen LogP contribution is 2.66. The predicted octanol–water partition coefficient (Wildman–Crippen LogP) is 8.31. The molecule has 3 fully saturated rings. The van der Waals surface area contributed by atoms with Crippen LogP contribution >= 0.6 is 23.1 Å². The van der Waals surface area contributed by atoms with Crippen LogP contribution in [-0.4, -0.2) is 42.5 Å². The molecule has 1 aromatic carbocycles. The van der Waals surface area contributed by atoms with Gasteiger partial charge in [0.05, 0.1) is 29.4 Å². The van der Waals surface area contributed by atoms with E-state index < -0.39 is 6.10 Å². The van der Waals surface area contributed by atoms with Crippen molar-refractivity contribution in [2.45, 2.75) is 89.0 Å². The maximum absolute atomic E-state index is 13.8. The average Bonchev–Trinajstić information content (AvgIpc) is 3.72. The molecule has 0 spiro atoms. The number of carbonyl (C=O) groups is 1. The van der Waals surface area contributed by atoms with Crippen LogP contribution in [0.1, 0.15) is 83.5 Å². The molecule has 4 aromatic rings. The van der Waals surface area contributed by atoms with Crippen molar-refractivity contribution in [2.75, 3.05) is 5.75 Å². The number of ketones is 1. The molecule has 3 saturated carbocycles. The number of fused-ring (bicyclic) bond motifs is 7. The van der Waals surface area contributed by atoms with Crippen molar-refractivity contribution in [1.82, 2.24) is 19.7 Å². The molecule has 8 heteroatoms. The normalized spacial score (nSPS) is 32.0. The van der Waals surface area contributed by atoms with E-state index in [0.717, 1.165) is 52.5 Å². The molecule has 3 aromatic heterocycles. The number of benzene rings is 1. The quantitative estimate of drug-likeness (QED) is 0.219. The first-order chi connectivity index (χ1) is 22.0. The maximum Gasteiger partial charge on any atom is 0.153 e. The van der Waals surface area contributed by atoms with Crippen LogP contribution in [0.5, 0.6) is 0 Å². The van der Waals surface area contributed by atoms with Gasteiger partial charge in [-0.3, -0.25) is 4.79 Å². The van der Waals surface area contributed by atoms with Gasteiger partial charge in [-0.25, -0.2) is 14.6 Å². The summed E-state index contributed by atoms with van der Waals surface area (Å²) in [6, 6.07) is 12.7. The Morgan fingerprint density at radius 2 is 1.93 bits per heavy atom. The number of nitrogens with zero attached hydrogens (tertiary/aromatic N) is 4. The maximum atomic E-state index is 13.8. The lowest BCUT2D eigenvalue weighted by Crippen LogP contribution is -2.57. The van der Waals surface area contributed by atoms with Gasteiger partial charge < -0.3 is 5.11 Å². The molecule has 0 saturated heterocycles. The number of hydrogen-bond acceptors (Lipinski definition) is 7. The minimum atomic E-state index is -0.419. The number of Topliss-reactive ketones (excluding diaryl/α,β-unsaturated/α-hetero) is 1. The Hall–Kier alpha value is -2.81. The summed E-state index contributed by atoms with van der Waals surface area (Å²) in [5.41, 5.74) is 7.09. The number of pyridine rings is 1. The molecule has 240 valence electrons. The minimum Gasteiger partial charge on any atom is -0.393 e. The highest BCUT2D eigenvalue weighted by molar-refractivity contribution is 8.01. The first-order valence-electron chi connectivity index (χ1n) is 16.9. The van der Waals surface area contributed by atoms with Gasteiger partial charge in [0.25, 0.3) is 0 Å². The Kier molecular flexibility index (Phi) is 7.20. The van der Waals surface area contributed by atoms with Crippen molar-refractivity contribution in [3.63, 3.8) is 0 Å². The van der Waals surface area contributed by atoms with E-state index in [1.807, 2.05) is 12.1 Å². The van der Waals surface area contributed by atoms with Gasteiger partial charge in [0.1, 0.15) is 16.1 Å². The molecular formula is C38H44N4O2S2. The summed E-state index contributed by atoms with van der Waals surface area (Å²) in [6.07, 6.45) is 11.6. The van der Waals surface area contributed by atoms with Gasteiger partial charge in [-0.05, 0) is 114 Å². The van der Waals surface area contributed by atoms with E-state index in [9.17, 15) is 9.90 Å². The first kappa shape index (κ1) is 30.5. The third-order valence-corrected chi connectivity index (χ3v) is 14.4. The number of rotatable bonds is 5. The molecule has 0 bridgehead atoms. The van der Waals surface area contributed by atoms with E-state index >= 15 is 0 Å². The number of aliphatic hydroxyl groups excluding tert-OH is 1. The van der Waals surface area contributed by atoms with Gasteiger partial charge in [-0.1, -0.05) is 75.4 Å². The van der Waals surface area contributed by atoms with Crippen LogP contribution in [0.2, 0.25) is 0 Å². The Morgan fingerprint density at radius 1 is 1.13 bits per heavy atom. The van der Waals surface area contributed by atoms with Crippen molar-refractivity contribution in [3.8, 4) is 5.69 Å². The van der Waals surface area contributed by atoms with Crippen LogP contribution in [0.4, 0.5) is 0 Å². The fraction of sp³-hybridized carbons (Fsp3) is 0.526. The molecule has 7 unspecified atom stereocenters. The summed E-state index contributed by atoms with van der Waals surface area (Å²) in [5, 5.41) is 16.9. The van der Waals surface area contributed by atoms with Gasteiger partial charge in [0.2, 0.25) is 0 Å². The Bertz CT molecular complexity index is 1820. The average molecular weight is 653 g/mol. The lowest BCUT2D eigenvalue weighted by molar-refractivity contribution is -0.140. The molecule has 4 aliphatic carbocycles. The van der Waals surface area contributed by atoms with Crippen LogP contribution in [0.15, 0.2) is 58.7 Å². The monoisotopic (exact) mass is 652 g/mol. The summed E-state index contributed by atoms with van der Waals surface area (Å²) in [5.74, 6) is 1.85. The van der Waals surface area contributed by atoms with Gasteiger partial charge in [-0.15, -0.1) is 0 Å². The van der Waals surface area contributed by atoms with E-state index in [2.05, 4.69) is 85.8 Å². The number of hydrogen-bond donors (Lipinski definition) is 1. The second kappa shape index (κ2) is 10.9. The highest BCUT2D eigenvalue weighted by Gasteiger charge is 2.63. The highest BCUT2D eigenvalue weighted by atomic mass is 32.2. The second-order valence-corrected chi connectivity index (χ2v) is 18.0. The van der Waals surface area contributed by atoms with Crippen molar-refractivity contribution in [2.24, 2.45) is 34.5 Å². The number of thioether (sulfide) groups is 1. The molecule has 0 aliphatic heterocycles. The van der Waals surface area contributed by atoms with Crippen molar-refractivity contribution in [1.29, 1.82) is 0 Å². The standard InChI is InChI=1S/C38H44N4O2S2/c1-36(2,3)23-8-11-25(12-9-23)42-30-17-24-10-13-26-27-14-15-28(32(44)21-45-35-41-29-7-6-16-39-34(29)46-35)38(27,5)19-31(43)33(26)37(24,4)18-22(30)20-40-42/h6-9,11-12,16-17,20,26-28,31,33,43H,10,13-15,18-19,21H2,1-5H3. The van der Waals surface area contributed by atoms with Gasteiger partial charge in [0, 0.05) is 12.1 Å². The third-order valence-electron chi connectivity index (χ3n) is 12.3. The van der Waals surface area contributed by atoms with E-state index in [0.29, 0.717) is 29.8 Å². The molecule has 6 nitrogen and oxygen atoms in total. The summed E-state index contributed by atoms with van der Waals surface area (Å²) in [4.78, 5) is 23.8. The Morgan fingerprint density at radius 3 is 2.70 bits per heavy atom. The fourth-order valence-electron chi connectivity index (χ4n) is 10.1. The lowest BCUT2D eigenvalue weighted by Gasteiger charge is -2.59. The van der Waals surface area contributed by atoms with Crippen LogP contribution in [-0.2, 0) is 16.6 Å². The van der Waals surface area contributed by atoms with Crippen molar-refractivity contribution < 1.29 is 9.90 Å². The summed E-state index contributed by atoms with van der Waals surface area (Å²) in [6.45, 7) is 11.5. The molecule has 46 heavy (non-hydrogen) atoms. The molecule has 1 N–H and O–H groups in total. The molecule has 8 rings (SSSR count). The Labute approximate surface area is 280 Å². The summed E-state index contributed by atoms with van der Waals surface area (Å²) >= 11 is 3.12. The lowest BCUT2D eigenvalue weighted by atomic mass is 9.46. The second-order valence-electron chi connectivity index (χ2n) is 15.8. The van der Waals surface area contributed by atoms with Crippen LogP contribution in [0.3, 0.4) is 0 Å². The van der Waals surface area contributed by atoms with Crippen LogP contribution < -0.4 is 0 Å². The van der Waals surface area contributed by atoms with Gasteiger partial charge in [0.15, 0.2) is 4.34 Å². The van der Waals surface area contributed by atoms with Gasteiger partial charge in [-0.2, -0.15) is 5.10 Å². The fourth-order valence-corrected chi connectivity index (χ4v) is 12.0. The van der Waals surface area contributed by atoms with E-state index in [-0.39, 0.29) is 28.1 Å². The zero-order valence-electron chi connectivity index (χ0n) is 27.5. The molecular weight excluding hydrogens is 609 g/mol. The molecule has 4 aliphatic rings. The minimum absolute atomic E-state index is 0.00119. The third kappa shape index (κ3) is 4.76. The Balaban J connectivity index is 1.02. The molecule has 3 heterocycles. The van der Waals surface area contributed by atoms with E-state index in [1.165, 1.54) is 22.4 Å². The van der Waals surface area contributed by atoms with Gasteiger partial charge >= 0.3 is 0 Å². The smallest absolute Gasteiger partial charge is 0.153 e. The summed E-state index contributed by atoms with van der Waals surface area (Å²) in [7, 11) is 0. The van der Waals surface area contributed by atoms with Crippen molar-refractivity contribution >= 4 is 45.3 Å². The predicted molar refractivity (Wildman–Crippen MR) is 186 cm³/mol. The topological polar surface area (TPSA) is 80.9 Å². The van der Waals surface area contributed by atoms with E-state index in [1.54, 1.807) is 29.3 Å². The van der Waals surface area contributed by atoms with Crippen molar-refractivity contribution in [3.05, 3.63) is 71.2 Å². The number of aliphatic hydroxyl groups is 1. The molecule has 0 amide bonds. The molecule has 7 atom stereocenters. The zero-order chi connectivity index (χ0) is 32.0. The SMILES string of the molecule is CC(C)(C)c1ccc(-n2ncc3c2C=C2CCC4C(C(O)CC5(C)C(C(=O)CSc6nc7cccnc7s6)CCC45)C2(C)C3)cc1. The number of aromatic nitrogens is 4. The zero-order valence-corrected chi connectivity index (χ0v) is 29.1. The number of carbonyl (C=O) groups excluding carboxylic acids is 1. The van der Waals surface area contributed by atoms with Crippen LogP contribution in [0.25, 0.3) is 22.1 Å². The first-order valence-corrected chi connectivity index (χ1v) is 18.7. The van der Waals surface area contributed by atoms with E-state index in [4.69, 9.17) is 5.10 Å².